The fraction of sp³-hybridized carbons (Fsp3) is 0.675. The van der Waals surface area contributed by atoms with Gasteiger partial charge in [0, 0.05) is 6.42 Å². The number of ether oxygens (including phenoxy) is 3. The SMILES string of the molecule is CC/C=C\C/C=C\C/C=C\C/C=C\C/C=C\C/C=C\CCCCCCCCCC(O)C(=O)NC(COC1OC(CO)C(O)C(O)C1OC(=O)CCCCCCCCC/C=C\C/C=C\C/C=C\C/C=C\C/C=C\CC)C(O)/C=C/CCCCCCCCCCCCC. The van der Waals surface area contributed by atoms with Crippen LogP contribution in [-0.4, -0.2) is 99.6 Å². The van der Waals surface area contributed by atoms with Crippen LogP contribution < -0.4 is 5.32 Å². The quantitative estimate of drug-likeness (QED) is 0.0195. The lowest BCUT2D eigenvalue weighted by atomic mass is 9.99. The number of aliphatic hydroxyl groups is 5. The van der Waals surface area contributed by atoms with E-state index in [9.17, 15) is 35.1 Å². The van der Waals surface area contributed by atoms with Gasteiger partial charge in [0.25, 0.3) is 0 Å². The van der Waals surface area contributed by atoms with Crippen molar-refractivity contribution >= 4 is 11.9 Å². The molecule has 91 heavy (non-hydrogen) atoms. The Bertz CT molecular complexity index is 2040. The highest BCUT2D eigenvalue weighted by atomic mass is 16.7. The van der Waals surface area contributed by atoms with Crippen molar-refractivity contribution in [2.45, 2.75) is 333 Å². The van der Waals surface area contributed by atoms with Crippen molar-refractivity contribution < 1.29 is 49.3 Å². The van der Waals surface area contributed by atoms with Crippen molar-refractivity contribution in [3.63, 3.8) is 0 Å². The Morgan fingerprint density at radius 2 is 0.791 bits per heavy atom. The second-order valence-corrected chi connectivity index (χ2v) is 24.6. The maximum absolute atomic E-state index is 13.5. The highest BCUT2D eigenvalue weighted by molar-refractivity contribution is 5.80. The average molecular weight is 1270 g/mol. The number of esters is 1. The molecule has 11 nitrogen and oxygen atoms in total. The van der Waals surface area contributed by atoms with E-state index in [-0.39, 0.29) is 19.4 Å². The van der Waals surface area contributed by atoms with E-state index >= 15 is 0 Å². The first-order chi connectivity index (χ1) is 44.7. The predicted octanol–water partition coefficient (Wildman–Crippen LogP) is 19.3. The second-order valence-electron chi connectivity index (χ2n) is 24.6. The number of carbonyl (C=O) groups is 2. The van der Waals surface area contributed by atoms with Crippen LogP contribution >= 0.6 is 0 Å². The molecule has 0 aromatic heterocycles. The van der Waals surface area contributed by atoms with Gasteiger partial charge in [0.05, 0.1) is 25.4 Å². The summed E-state index contributed by atoms with van der Waals surface area (Å²) < 4.78 is 17.7. The molecule has 11 heteroatoms. The number of hydrogen-bond acceptors (Lipinski definition) is 10. The molecule has 0 spiro atoms. The molecule has 6 N–H and O–H groups in total. The van der Waals surface area contributed by atoms with Crippen LogP contribution in [0.25, 0.3) is 0 Å². The van der Waals surface area contributed by atoms with Gasteiger partial charge in [-0.3, -0.25) is 9.59 Å². The molecule has 8 atom stereocenters. The first-order valence-electron chi connectivity index (χ1n) is 36.6. The third-order valence-electron chi connectivity index (χ3n) is 16.2. The summed E-state index contributed by atoms with van der Waals surface area (Å²) in [4.78, 5) is 26.7. The van der Waals surface area contributed by atoms with Gasteiger partial charge in [-0.05, 0) is 122 Å². The zero-order valence-corrected chi connectivity index (χ0v) is 57.7. The van der Waals surface area contributed by atoms with Crippen LogP contribution in [0.15, 0.2) is 146 Å². The minimum Gasteiger partial charge on any atom is -0.454 e. The summed E-state index contributed by atoms with van der Waals surface area (Å²) in [7, 11) is 0. The first kappa shape index (κ1) is 84.6. The zero-order valence-electron chi connectivity index (χ0n) is 57.7. The Balaban J connectivity index is 2.61. The molecule has 1 aliphatic rings. The number of nitrogens with one attached hydrogen (secondary N) is 1. The van der Waals surface area contributed by atoms with Crippen LogP contribution in [0.1, 0.15) is 284 Å². The van der Waals surface area contributed by atoms with E-state index < -0.39 is 67.4 Å². The van der Waals surface area contributed by atoms with Gasteiger partial charge in [-0.15, -0.1) is 0 Å². The monoisotopic (exact) mass is 1270 g/mol. The lowest BCUT2D eigenvalue weighted by molar-refractivity contribution is -0.305. The highest BCUT2D eigenvalue weighted by Gasteiger charge is 2.47. The second kappa shape index (κ2) is 65.6. The van der Waals surface area contributed by atoms with Crippen LogP contribution in [0.3, 0.4) is 0 Å². The molecule has 0 aromatic rings. The molecule has 8 unspecified atom stereocenters. The summed E-state index contributed by atoms with van der Waals surface area (Å²) in [5, 5.41) is 57.3. The molecule has 1 saturated heterocycles. The topological polar surface area (TPSA) is 175 Å². The molecule has 0 aromatic carbocycles. The Morgan fingerprint density at radius 3 is 1.19 bits per heavy atom. The molecular formula is C80H133NO10. The summed E-state index contributed by atoms with van der Waals surface area (Å²) in [5.41, 5.74) is 0. The van der Waals surface area contributed by atoms with Crippen LogP contribution in [0.4, 0.5) is 0 Å². The predicted molar refractivity (Wildman–Crippen MR) is 384 cm³/mol. The largest absolute Gasteiger partial charge is 0.454 e. The Morgan fingerprint density at radius 1 is 0.440 bits per heavy atom. The lowest BCUT2D eigenvalue weighted by Gasteiger charge is -2.41. The van der Waals surface area contributed by atoms with Gasteiger partial charge in [0.15, 0.2) is 12.4 Å². The molecule has 0 aliphatic carbocycles. The van der Waals surface area contributed by atoms with E-state index in [4.69, 9.17) is 14.2 Å². The van der Waals surface area contributed by atoms with Gasteiger partial charge in [-0.25, -0.2) is 0 Å². The van der Waals surface area contributed by atoms with Gasteiger partial charge in [-0.2, -0.15) is 0 Å². The standard InChI is InChI=1S/C80H133NO10/c1-4-7-10-13-16-19-22-25-27-29-31-33-35-36-37-39-40-42-44-46-49-52-55-58-61-64-67-73(84)79(88)81-71(72(83)66-63-60-57-54-51-48-24-21-18-15-12-9-6-3)70-89-80-78(77(87)76(86)74(69-82)90-80)91-75(85)68-65-62-59-56-53-50-47-45-43-41-38-34-32-30-28-26-23-20-17-14-11-8-5-2/h7-8,10-11,16-17,19-20,25-28,31-34,36-37,40-43,63,66,71-74,76-78,80,82-84,86-87H,4-6,9,12-15,18,21-24,29-30,35,38-39,44-62,64-65,67-70H2,1-3H3,(H,81,88)/b10-7-,11-8-,19-16-,20-17-,27-25-,28-26-,33-31-,34-32-,37-36-,42-40-,43-41-,66-63+. The van der Waals surface area contributed by atoms with E-state index in [0.29, 0.717) is 12.8 Å². The number of unbranched alkanes of at least 4 members (excludes halogenated alkanes) is 25. The molecule has 0 radical (unpaired) electrons. The van der Waals surface area contributed by atoms with Crippen LogP contribution in [-0.2, 0) is 23.8 Å². The summed E-state index contributed by atoms with van der Waals surface area (Å²) in [6.45, 7) is 5.57. The van der Waals surface area contributed by atoms with Crippen molar-refractivity contribution in [2.24, 2.45) is 0 Å². The normalized spacial score (nSPS) is 18.9. The molecule has 1 rings (SSSR count). The van der Waals surface area contributed by atoms with Gasteiger partial charge >= 0.3 is 5.97 Å². The van der Waals surface area contributed by atoms with Gasteiger partial charge in [0.1, 0.15) is 24.4 Å². The fourth-order valence-corrected chi connectivity index (χ4v) is 10.6. The Kier molecular flexibility index (Phi) is 60.9. The number of hydrogen-bond donors (Lipinski definition) is 6. The fourth-order valence-electron chi connectivity index (χ4n) is 10.6. The average Bonchev–Trinajstić information content (AvgIpc) is 0.969. The highest BCUT2D eigenvalue weighted by Crippen LogP contribution is 2.26. The number of rotatable bonds is 61. The molecule has 0 saturated carbocycles. The molecule has 1 heterocycles. The van der Waals surface area contributed by atoms with E-state index in [1.54, 1.807) is 6.08 Å². The van der Waals surface area contributed by atoms with Gasteiger partial charge < -0.3 is 45.1 Å². The molecular weight excluding hydrogens is 1130 g/mol. The Labute approximate surface area is 555 Å². The van der Waals surface area contributed by atoms with Crippen molar-refractivity contribution in [1.82, 2.24) is 5.32 Å². The summed E-state index contributed by atoms with van der Waals surface area (Å²) in [6.07, 6.45) is 84.4. The number of amides is 1. The van der Waals surface area contributed by atoms with Gasteiger partial charge in [0.2, 0.25) is 5.91 Å². The van der Waals surface area contributed by atoms with E-state index in [1.807, 2.05) is 6.08 Å². The molecule has 1 amide bonds. The van der Waals surface area contributed by atoms with Crippen molar-refractivity contribution in [3.8, 4) is 0 Å². The number of allylic oxidation sites excluding steroid dienone is 23. The van der Waals surface area contributed by atoms with E-state index in [1.165, 1.54) is 57.8 Å². The molecule has 0 bridgehead atoms. The summed E-state index contributed by atoms with van der Waals surface area (Å²) in [6, 6.07) is -1.04. The lowest BCUT2D eigenvalue weighted by Crippen LogP contribution is -2.61. The maximum atomic E-state index is 13.5. The van der Waals surface area contributed by atoms with Crippen LogP contribution in [0.5, 0.6) is 0 Å². The van der Waals surface area contributed by atoms with E-state index in [2.05, 4.69) is 160 Å². The minimum atomic E-state index is -1.63. The van der Waals surface area contributed by atoms with Crippen molar-refractivity contribution in [2.75, 3.05) is 13.2 Å². The van der Waals surface area contributed by atoms with Crippen molar-refractivity contribution in [1.29, 1.82) is 0 Å². The third-order valence-corrected chi connectivity index (χ3v) is 16.2. The smallest absolute Gasteiger partial charge is 0.306 e. The number of aliphatic hydroxyl groups excluding tert-OH is 5. The summed E-state index contributed by atoms with van der Waals surface area (Å²) >= 11 is 0. The molecule has 1 fully saturated rings. The van der Waals surface area contributed by atoms with Gasteiger partial charge in [-0.1, -0.05) is 301 Å². The first-order valence-corrected chi connectivity index (χ1v) is 36.6. The number of carbonyl (C=O) groups excluding carboxylic acids is 2. The van der Waals surface area contributed by atoms with Crippen molar-refractivity contribution in [3.05, 3.63) is 146 Å². The molecule has 518 valence electrons. The summed E-state index contributed by atoms with van der Waals surface area (Å²) in [5.74, 6) is -1.22. The maximum Gasteiger partial charge on any atom is 0.306 e. The Hall–Kier alpha value is -4.46. The van der Waals surface area contributed by atoms with Crippen LogP contribution in [0, 0.1) is 0 Å². The zero-order chi connectivity index (χ0) is 66.0. The van der Waals surface area contributed by atoms with Crippen LogP contribution in [0.2, 0.25) is 0 Å². The third kappa shape index (κ3) is 52.6. The van der Waals surface area contributed by atoms with E-state index in [0.717, 1.165) is 180 Å². The minimum absolute atomic E-state index is 0.102. The molecule has 1 aliphatic heterocycles.